The molecule has 0 aliphatic rings. The third-order valence-electron chi connectivity index (χ3n) is 2.48. The van der Waals surface area contributed by atoms with Crippen LogP contribution in [0.15, 0.2) is 51.5 Å². The Labute approximate surface area is 126 Å². The second kappa shape index (κ2) is 6.23. The Morgan fingerprint density at radius 2 is 1.86 bits per heavy atom. The molecule has 110 valence electrons. The van der Waals surface area contributed by atoms with Crippen LogP contribution in [0, 0.1) is 0 Å². The zero-order chi connectivity index (χ0) is 15.5. The van der Waals surface area contributed by atoms with E-state index in [0.29, 0.717) is 5.03 Å². The largest absolute Gasteiger partial charge is 0.464 e. The Kier molecular flexibility index (Phi) is 4.59. The Bertz CT molecular complexity index is 758. The standard InChI is InChI=1S/C13H12N2O4S2/c1-19-13(16)11-7-14-8-12(15-11)20-9-3-5-10(6-4-9)21(2,17)18/h3-8H,1-2H3. The van der Waals surface area contributed by atoms with Crippen LogP contribution in [0.25, 0.3) is 0 Å². The van der Waals surface area contributed by atoms with Crippen LogP contribution in [0.4, 0.5) is 0 Å². The van der Waals surface area contributed by atoms with Gasteiger partial charge in [-0.2, -0.15) is 0 Å². The molecule has 8 heteroatoms. The van der Waals surface area contributed by atoms with Gasteiger partial charge in [0.05, 0.1) is 24.4 Å². The lowest BCUT2D eigenvalue weighted by Gasteiger charge is -2.03. The lowest BCUT2D eigenvalue weighted by Crippen LogP contribution is -2.05. The maximum Gasteiger partial charge on any atom is 0.358 e. The zero-order valence-corrected chi connectivity index (χ0v) is 12.9. The second-order valence-electron chi connectivity index (χ2n) is 4.08. The van der Waals surface area contributed by atoms with Crippen molar-refractivity contribution in [2.45, 2.75) is 14.8 Å². The summed E-state index contributed by atoms with van der Waals surface area (Å²) >= 11 is 1.27. The van der Waals surface area contributed by atoms with Crippen LogP contribution in [-0.4, -0.2) is 37.7 Å². The van der Waals surface area contributed by atoms with Gasteiger partial charge in [0.15, 0.2) is 15.5 Å². The van der Waals surface area contributed by atoms with Gasteiger partial charge in [-0.05, 0) is 24.3 Å². The summed E-state index contributed by atoms with van der Waals surface area (Å²) in [5, 5.41) is 0.519. The highest BCUT2D eigenvalue weighted by molar-refractivity contribution is 7.99. The van der Waals surface area contributed by atoms with Crippen LogP contribution in [0.1, 0.15) is 10.5 Å². The van der Waals surface area contributed by atoms with E-state index in [0.717, 1.165) is 11.2 Å². The topological polar surface area (TPSA) is 86.2 Å². The molecule has 0 atom stereocenters. The lowest BCUT2D eigenvalue weighted by atomic mass is 10.4. The predicted molar refractivity (Wildman–Crippen MR) is 77.0 cm³/mol. The van der Waals surface area contributed by atoms with Crippen molar-refractivity contribution in [3.63, 3.8) is 0 Å². The Balaban J connectivity index is 2.20. The number of esters is 1. The molecule has 2 aromatic rings. The number of ether oxygens (including phenoxy) is 1. The molecule has 0 fully saturated rings. The fourth-order valence-electron chi connectivity index (χ4n) is 1.48. The van der Waals surface area contributed by atoms with Crippen LogP contribution in [0.2, 0.25) is 0 Å². The fraction of sp³-hybridized carbons (Fsp3) is 0.154. The summed E-state index contributed by atoms with van der Waals surface area (Å²) in [6, 6.07) is 6.39. The number of sulfone groups is 1. The van der Waals surface area contributed by atoms with E-state index < -0.39 is 15.8 Å². The molecule has 0 spiro atoms. The van der Waals surface area contributed by atoms with Crippen LogP contribution < -0.4 is 0 Å². The van der Waals surface area contributed by atoms with Crippen molar-refractivity contribution >= 4 is 27.6 Å². The number of carbonyl (C=O) groups is 1. The molecule has 2 rings (SSSR count). The first-order chi connectivity index (χ1) is 9.90. The second-order valence-corrected chi connectivity index (χ2v) is 7.19. The number of hydrogen-bond donors (Lipinski definition) is 0. The summed E-state index contributed by atoms with van der Waals surface area (Å²) in [6.07, 6.45) is 3.99. The maximum atomic E-state index is 11.4. The minimum absolute atomic E-state index is 0.121. The van der Waals surface area contributed by atoms with E-state index in [1.54, 1.807) is 12.1 Å². The SMILES string of the molecule is COC(=O)c1cncc(Sc2ccc(S(C)(=O)=O)cc2)n1. The van der Waals surface area contributed by atoms with E-state index in [1.807, 2.05) is 0 Å². The molecule has 0 unspecified atom stereocenters. The number of aromatic nitrogens is 2. The number of carbonyl (C=O) groups excluding carboxylic acids is 1. The molecule has 0 amide bonds. The molecule has 0 aliphatic carbocycles. The number of hydrogen-bond acceptors (Lipinski definition) is 7. The van der Waals surface area contributed by atoms with E-state index in [-0.39, 0.29) is 10.6 Å². The molecule has 6 nitrogen and oxygen atoms in total. The summed E-state index contributed by atoms with van der Waals surface area (Å²) in [5.41, 5.74) is 0.121. The van der Waals surface area contributed by atoms with Crippen LogP contribution in [0.5, 0.6) is 0 Å². The minimum Gasteiger partial charge on any atom is -0.464 e. The lowest BCUT2D eigenvalue weighted by molar-refractivity contribution is 0.0592. The average Bonchev–Trinajstić information content (AvgIpc) is 2.46. The van der Waals surface area contributed by atoms with Crippen molar-refractivity contribution in [1.82, 2.24) is 9.97 Å². The fourth-order valence-corrected chi connectivity index (χ4v) is 2.88. The van der Waals surface area contributed by atoms with Crippen molar-refractivity contribution < 1.29 is 17.9 Å². The van der Waals surface area contributed by atoms with Gasteiger partial charge in [0.1, 0.15) is 5.03 Å². The molecule has 0 saturated carbocycles. The smallest absolute Gasteiger partial charge is 0.358 e. The molecule has 1 aromatic carbocycles. The quantitative estimate of drug-likeness (QED) is 0.793. The van der Waals surface area contributed by atoms with Gasteiger partial charge in [0.2, 0.25) is 0 Å². The van der Waals surface area contributed by atoms with E-state index in [4.69, 9.17) is 0 Å². The van der Waals surface area contributed by atoms with Crippen molar-refractivity contribution in [3.8, 4) is 0 Å². The van der Waals surface area contributed by atoms with E-state index >= 15 is 0 Å². The van der Waals surface area contributed by atoms with Crippen molar-refractivity contribution in [2.24, 2.45) is 0 Å². The first kappa shape index (κ1) is 15.5. The Morgan fingerprint density at radius 1 is 1.19 bits per heavy atom. The average molecular weight is 324 g/mol. The van der Waals surface area contributed by atoms with Crippen LogP contribution >= 0.6 is 11.8 Å². The van der Waals surface area contributed by atoms with Crippen LogP contribution in [-0.2, 0) is 14.6 Å². The molecule has 1 heterocycles. The highest BCUT2D eigenvalue weighted by atomic mass is 32.2. The van der Waals surface area contributed by atoms with Gasteiger partial charge in [-0.15, -0.1) is 0 Å². The van der Waals surface area contributed by atoms with Gasteiger partial charge in [0, 0.05) is 11.2 Å². The van der Waals surface area contributed by atoms with Gasteiger partial charge in [0.25, 0.3) is 0 Å². The first-order valence-corrected chi connectivity index (χ1v) is 8.49. The van der Waals surface area contributed by atoms with Gasteiger partial charge in [-0.1, -0.05) is 11.8 Å². The van der Waals surface area contributed by atoms with Gasteiger partial charge in [-0.3, -0.25) is 4.98 Å². The molecule has 0 radical (unpaired) electrons. The molecule has 1 aromatic heterocycles. The summed E-state index contributed by atoms with van der Waals surface area (Å²) < 4.78 is 27.3. The highest BCUT2D eigenvalue weighted by Gasteiger charge is 2.10. The molecular weight excluding hydrogens is 312 g/mol. The van der Waals surface area contributed by atoms with Gasteiger partial charge < -0.3 is 4.74 Å². The summed E-state index contributed by atoms with van der Waals surface area (Å²) in [4.78, 5) is 20.5. The molecule has 0 N–H and O–H groups in total. The van der Waals surface area contributed by atoms with Gasteiger partial charge in [-0.25, -0.2) is 18.2 Å². The minimum atomic E-state index is -3.21. The molecular formula is C13H12N2O4S2. The van der Waals surface area contributed by atoms with E-state index in [9.17, 15) is 13.2 Å². The van der Waals surface area contributed by atoms with Crippen molar-refractivity contribution in [1.29, 1.82) is 0 Å². The zero-order valence-electron chi connectivity index (χ0n) is 11.3. The molecule has 21 heavy (non-hydrogen) atoms. The molecule has 0 bridgehead atoms. The number of methoxy groups -OCH3 is 1. The van der Waals surface area contributed by atoms with Crippen molar-refractivity contribution in [2.75, 3.05) is 13.4 Å². The van der Waals surface area contributed by atoms with Crippen LogP contribution in [0.3, 0.4) is 0 Å². The normalized spacial score (nSPS) is 11.1. The maximum absolute atomic E-state index is 11.4. The third kappa shape index (κ3) is 4.02. The summed E-state index contributed by atoms with van der Waals surface area (Å²) in [6.45, 7) is 0. The number of nitrogens with zero attached hydrogens (tertiary/aromatic N) is 2. The Hall–Kier alpha value is -1.93. The number of rotatable bonds is 4. The van der Waals surface area contributed by atoms with E-state index in [2.05, 4.69) is 14.7 Å². The third-order valence-corrected chi connectivity index (χ3v) is 4.52. The summed E-state index contributed by atoms with van der Waals surface area (Å²) in [7, 11) is -1.94. The summed E-state index contributed by atoms with van der Waals surface area (Å²) in [5.74, 6) is -0.558. The monoisotopic (exact) mass is 324 g/mol. The Morgan fingerprint density at radius 3 is 2.43 bits per heavy atom. The number of benzene rings is 1. The van der Waals surface area contributed by atoms with Gasteiger partial charge >= 0.3 is 5.97 Å². The predicted octanol–water partition coefficient (Wildman–Crippen LogP) is 1.82. The molecule has 0 aliphatic heterocycles. The first-order valence-electron chi connectivity index (χ1n) is 5.78. The van der Waals surface area contributed by atoms with Crippen molar-refractivity contribution in [3.05, 3.63) is 42.4 Å². The highest BCUT2D eigenvalue weighted by Crippen LogP contribution is 2.26. The van der Waals surface area contributed by atoms with E-state index in [1.165, 1.54) is 43.4 Å². The molecule has 0 saturated heterocycles.